The van der Waals surface area contributed by atoms with Crippen molar-refractivity contribution in [2.24, 2.45) is 0 Å². The molecule has 28 heavy (non-hydrogen) atoms. The Morgan fingerprint density at radius 3 is 2.68 bits per heavy atom. The van der Waals surface area contributed by atoms with Crippen LogP contribution in [0.4, 0.5) is 4.39 Å². The molecule has 2 aromatic heterocycles. The first-order valence-corrected chi connectivity index (χ1v) is 9.71. The van der Waals surface area contributed by atoms with Crippen molar-refractivity contribution in [1.29, 1.82) is 0 Å². The fourth-order valence-corrected chi connectivity index (χ4v) is 4.47. The Balaban J connectivity index is 1.82. The number of carbonyl (C=O) groups excluding carboxylic acids is 1. The highest BCUT2D eigenvalue weighted by Crippen LogP contribution is 2.42. The van der Waals surface area contributed by atoms with Gasteiger partial charge in [-0.1, -0.05) is 6.07 Å². The summed E-state index contributed by atoms with van der Waals surface area (Å²) in [5, 5.41) is 1.99. The minimum Gasteiger partial charge on any atom is -0.493 e. The van der Waals surface area contributed by atoms with Gasteiger partial charge >= 0.3 is 0 Å². The molecule has 0 N–H and O–H groups in total. The number of pyridine rings is 1. The molecule has 1 unspecified atom stereocenters. The van der Waals surface area contributed by atoms with E-state index in [-0.39, 0.29) is 17.5 Å². The Morgan fingerprint density at radius 1 is 1.21 bits per heavy atom. The number of benzene rings is 1. The molecule has 3 heterocycles. The highest BCUT2D eigenvalue weighted by Gasteiger charge is 2.34. The van der Waals surface area contributed by atoms with Gasteiger partial charge in [-0.05, 0) is 47.2 Å². The van der Waals surface area contributed by atoms with Crippen molar-refractivity contribution in [3.63, 3.8) is 0 Å². The van der Waals surface area contributed by atoms with E-state index in [0.29, 0.717) is 24.5 Å². The minimum absolute atomic E-state index is 0.222. The Hall–Kier alpha value is -2.93. The number of nitrogens with zero attached hydrogens (tertiary/aromatic N) is 2. The maximum Gasteiger partial charge on any atom is 0.254 e. The zero-order valence-corrected chi connectivity index (χ0v) is 16.3. The summed E-state index contributed by atoms with van der Waals surface area (Å²) >= 11 is 1.58. The van der Waals surface area contributed by atoms with Crippen LogP contribution in [0.2, 0.25) is 0 Å². The van der Waals surface area contributed by atoms with Crippen LogP contribution in [0.3, 0.4) is 0 Å². The van der Waals surface area contributed by atoms with Crippen molar-refractivity contribution < 1.29 is 18.7 Å². The summed E-state index contributed by atoms with van der Waals surface area (Å²) in [5.74, 6) is 0.400. The fourth-order valence-electron chi connectivity index (χ4n) is 3.62. The Bertz CT molecular complexity index is 1010. The van der Waals surface area contributed by atoms with Crippen LogP contribution >= 0.6 is 11.3 Å². The van der Waals surface area contributed by atoms with Crippen molar-refractivity contribution in [2.75, 3.05) is 20.8 Å². The number of rotatable bonds is 4. The predicted octanol–water partition coefficient (Wildman–Crippen LogP) is 4.09. The van der Waals surface area contributed by atoms with E-state index >= 15 is 0 Å². The first-order valence-electron chi connectivity index (χ1n) is 8.83. The molecule has 1 aliphatic rings. The van der Waals surface area contributed by atoms with E-state index in [1.165, 1.54) is 12.3 Å². The van der Waals surface area contributed by atoms with Crippen LogP contribution < -0.4 is 9.47 Å². The second-order valence-electron chi connectivity index (χ2n) is 6.44. The molecule has 0 saturated heterocycles. The van der Waals surface area contributed by atoms with Gasteiger partial charge in [0.25, 0.3) is 5.91 Å². The summed E-state index contributed by atoms with van der Waals surface area (Å²) in [4.78, 5) is 19.6. The standard InChI is InChI=1S/C21H19FN2O3S/c1-26-16-10-13-6-8-24(21(25)14-5-7-23-19(22)11-14)20(18-4-3-9-28-18)15(13)12-17(16)27-2/h3-5,7,9-12,20H,6,8H2,1-2H3. The van der Waals surface area contributed by atoms with Gasteiger partial charge in [-0.3, -0.25) is 4.79 Å². The van der Waals surface area contributed by atoms with Gasteiger partial charge in [-0.25, -0.2) is 4.98 Å². The second kappa shape index (κ2) is 7.59. The molecule has 0 radical (unpaired) electrons. The van der Waals surface area contributed by atoms with Gasteiger partial charge in [0.2, 0.25) is 5.95 Å². The number of aromatic nitrogens is 1. The van der Waals surface area contributed by atoms with E-state index in [4.69, 9.17) is 9.47 Å². The van der Waals surface area contributed by atoms with Gasteiger partial charge in [0.05, 0.1) is 20.3 Å². The maximum absolute atomic E-state index is 13.6. The molecule has 1 aromatic carbocycles. The summed E-state index contributed by atoms with van der Waals surface area (Å²) in [7, 11) is 3.20. The molecule has 0 saturated carbocycles. The summed E-state index contributed by atoms with van der Waals surface area (Å²) in [6.45, 7) is 0.522. The largest absolute Gasteiger partial charge is 0.493 e. The lowest BCUT2D eigenvalue weighted by atomic mass is 9.90. The van der Waals surface area contributed by atoms with Gasteiger partial charge in [0.1, 0.15) is 0 Å². The van der Waals surface area contributed by atoms with Crippen LogP contribution in [0.25, 0.3) is 0 Å². The zero-order chi connectivity index (χ0) is 19.7. The Kier molecular flexibility index (Phi) is 5.00. The third-order valence-electron chi connectivity index (χ3n) is 4.92. The van der Waals surface area contributed by atoms with E-state index in [1.807, 2.05) is 29.6 Å². The summed E-state index contributed by atoms with van der Waals surface area (Å²) in [5.41, 5.74) is 2.40. The molecule has 0 fully saturated rings. The number of fused-ring (bicyclic) bond motifs is 1. The lowest BCUT2D eigenvalue weighted by molar-refractivity contribution is 0.0696. The second-order valence-corrected chi connectivity index (χ2v) is 7.42. The van der Waals surface area contributed by atoms with Crippen molar-refractivity contribution in [3.05, 3.63) is 75.5 Å². The number of hydrogen-bond donors (Lipinski definition) is 0. The highest BCUT2D eigenvalue weighted by atomic mass is 32.1. The van der Waals surface area contributed by atoms with Crippen molar-refractivity contribution >= 4 is 17.2 Å². The SMILES string of the molecule is COc1cc2c(cc1OC)C(c1cccs1)N(C(=O)c1ccnc(F)c1)CC2. The van der Waals surface area contributed by atoms with E-state index < -0.39 is 5.95 Å². The van der Waals surface area contributed by atoms with Crippen molar-refractivity contribution in [1.82, 2.24) is 9.88 Å². The summed E-state index contributed by atoms with van der Waals surface area (Å²) in [6.07, 6.45) is 1.99. The number of ether oxygens (including phenoxy) is 2. The number of halogens is 1. The van der Waals surface area contributed by atoms with Gasteiger partial charge < -0.3 is 14.4 Å². The third kappa shape index (κ3) is 3.22. The molecule has 1 aliphatic heterocycles. The molecule has 3 aromatic rings. The third-order valence-corrected chi connectivity index (χ3v) is 5.85. The van der Waals surface area contributed by atoms with E-state index in [1.54, 1.807) is 36.5 Å². The molecule has 5 nitrogen and oxygen atoms in total. The number of methoxy groups -OCH3 is 2. The smallest absolute Gasteiger partial charge is 0.254 e. The van der Waals surface area contributed by atoms with Crippen LogP contribution in [-0.2, 0) is 6.42 Å². The summed E-state index contributed by atoms with van der Waals surface area (Å²) < 4.78 is 24.5. The van der Waals surface area contributed by atoms with Gasteiger partial charge in [0.15, 0.2) is 11.5 Å². The van der Waals surface area contributed by atoms with Gasteiger partial charge in [-0.2, -0.15) is 4.39 Å². The number of thiophene rings is 1. The van der Waals surface area contributed by atoms with Gasteiger partial charge in [-0.15, -0.1) is 11.3 Å². The quantitative estimate of drug-likeness (QED) is 0.621. The van der Waals surface area contributed by atoms with Crippen LogP contribution in [0.5, 0.6) is 11.5 Å². The zero-order valence-electron chi connectivity index (χ0n) is 15.5. The number of hydrogen-bond acceptors (Lipinski definition) is 5. The molecule has 144 valence electrons. The maximum atomic E-state index is 13.6. The van der Waals surface area contributed by atoms with Crippen molar-refractivity contribution in [2.45, 2.75) is 12.5 Å². The average Bonchev–Trinajstić information content (AvgIpc) is 3.25. The monoisotopic (exact) mass is 398 g/mol. The number of amides is 1. The van der Waals surface area contributed by atoms with Crippen LogP contribution in [0, 0.1) is 5.95 Å². The lowest BCUT2D eigenvalue weighted by Crippen LogP contribution is -2.40. The Morgan fingerprint density at radius 2 is 2.00 bits per heavy atom. The Labute approximate surface area is 166 Å². The highest BCUT2D eigenvalue weighted by molar-refractivity contribution is 7.10. The first kappa shape index (κ1) is 18.4. The molecule has 0 aliphatic carbocycles. The first-order chi connectivity index (χ1) is 13.6. The average molecular weight is 398 g/mol. The van der Waals surface area contributed by atoms with E-state index in [9.17, 15) is 9.18 Å². The number of carbonyl (C=O) groups is 1. The van der Waals surface area contributed by atoms with Crippen LogP contribution in [-0.4, -0.2) is 36.6 Å². The van der Waals surface area contributed by atoms with Crippen LogP contribution in [0.1, 0.15) is 32.4 Å². The van der Waals surface area contributed by atoms with E-state index in [0.717, 1.165) is 16.0 Å². The molecule has 1 atom stereocenters. The molecular formula is C21H19FN2O3S. The minimum atomic E-state index is -0.665. The molecule has 4 rings (SSSR count). The molecule has 0 bridgehead atoms. The topological polar surface area (TPSA) is 51.7 Å². The summed E-state index contributed by atoms with van der Waals surface area (Å²) in [6, 6.07) is 10.3. The molecular weight excluding hydrogens is 379 g/mol. The van der Waals surface area contributed by atoms with Gasteiger partial charge in [0, 0.05) is 29.2 Å². The molecule has 1 amide bonds. The fraction of sp³-hybridized carbons (Fsp3) is 0.238. The van der Waals surface area contributed by atoms with E-state index in [2.05, 4.69) is 4.98 Å². The molecule has 7 heteroatoms. The lowest BCUT2D eigenvalue weighted by Gasteiger charge is -2.37. The van der Waals surface area contributed by atoms with Crippen LogP contribution in [0.15, 0.2) is 48.0 Å². The predicted molar refractivity (Wildman–Crippen MR) is 105 cm³/mol. The normalized spacial score (nSPS) is 15.8. The molecule has 0 spiro atoms. The van der Waals surface area contributed by atoms with Crippen molar-refractivity contribution in [3.8, 4) is 11.5 Å².